The van der Waals surface area contributed by atoms with Crippen LogP contribution in [0.2, 0.25) is 5.02 Å². The first-order valence-corrected chi connectivity index (χ1v) is 6.56. The van der Waals surface area contributed by atoms with Crippen LogP contribution in [0.5, 0.6) is 11.6 Å². The number of aromatic nitrogens is 2. The van der Waals surface area contributed by atoms with Gasteiger partial charge in [-0.15, -0.1) is 0 Å². The van der Waals surface area contributed by atoms with Gasteiger partial charge < -0.3 is 14.8 Å². The number of benzene rings is 1. The molecule has 0 aliphatic carbocycles. The standard InChI is InChI=1S/C14H13ClN2O4/c1-7(2)13-16-11(18)6-12(17-13)21-10-5-8(15)3-4-9(10)14(19)20/h3-7H,1-2H3,(H,19,20)(H,16,17,18). The van der Waals surface area contributed by atoms with E-state index >= 15 is 0 Å². The molecule has 2 rings (SSSR count). The third kappa shape index (κ3) is 3.61. The Morgan fingerprint density at radius 2 is 2.10 bits per heavy atom. The molecule has 0 fully saturated rings. The Kier molecular flexibility index (Phi) is 4.28. The molecule has 0 radical (unpaired) electrons. The van der Waals surface area contributed by atoms with Crippen molar-refractivity contribution in [2.24, 2.45) is 0 Å². The highest BCUT2D eigenvalue weighted by Crippen LogP contribution is 2.27. The van der Waals surface area contributed by atoms with E-state index in [1.807, 2.05) is 13.8 Å². The molecule has 21 heavy (non-hydrogen) atoms. The number of carbonyl (C=O) groups is 1. The molecule has 0 unspecified atom stereocenters. The molecule has 1 aromatic heterocycles. The molecule has 0 aliphatic rings. The number of nitrogens with zero attached hydrogens (tertiary/aromatic N) is 1. The number of carboxylic acid groups (broad SMARTS) is 1. The molecular formula is C14H13ClN2O4. The fraction of sp³-hybridized carbons (Fsp3) is 0.214. The number of H-pyrrole nitrogens is 1. The van der Waals surface area contributed by atoms with E-state index in [-0.39, 0.29) is 28.7 Å². The van der Waals surface area contributed by atoms with Gasteiger partial charge in [0.25, 0.3) is 5.56 Å². The van der Waals surface area contributed by atoms with E-state index in [2.05, 4.69) is 9.97 Å². The molecule has 7 heteroatoms. The molecule has 110 valence electrons. The first-order chi connectivity index (χ1) is 9.86. The van der Waals surface area contributed by atoms with Gasteiger partial charge in [-0.25, -0.2) is 4.79 Å². The zero-order chi connectivity index (χ0) is 15.6. The lowest BCUT2D eigenvalue weighted by atomic mass is 10.2. The lowest BCUT2D eigenvalue weighted by molar-refractivity contribution is 0.0694. The third-order valence-electron chi connectivity index (χ3n) is 2.67. The number of aromatic amines is 1. The van der Waals surface area contributed by atoms with Gasteiger partial charge in [0.2, 0.25) is 5.88 Å². The molecule has 2 N–H and O–H groups in total. The summed E-state index contributed by atoms with van der Waals surface area (Å²) in [4.78, 5) is 29.5. The number of carboxylic acids is 1. The summed E-state index contributed by atoms with van der Waals surface area (Å²) in [5, 5.41) is 9.44. The number of hydrogen-bond donors (Lipinski definition) is 2. The van der Waals surface area contributed by atoms with Gasteiger partial charge in [-0.1, -0.05) is 25.4 Å². The van der Waals surface area contributed by atoms with Crippen molar-refractivity contribution < 1.29 is 14.6 Å². The lowest BCUT2D eigenvalue weighted by Crippen LogP contribution is -2.12. The van der Waals surface area contributed by atoms with Gasteiger partial charge in [0, 0.05) is 17.0 Å². The van der Waals surface area contributed by atoms with Crippen molar-refractivity contribution in [3.8, 4) is 11.6 Å². The van der Waals surface area contributed by atoms with Gasteiger partial charge in [-0.2, -0.15) is 4.98 Å². The van der Waals surface area contributed by atoms with E-state index < -0.39 is 5.97 Å². The normalized spacial score (nSPS) is 10.7. The fourth-order valence-corrected chi connectivity index (χ4v) is 1.81. The SMILES string of the molecule is CC(C)c1nc(Oc2cc(Cl)ccc2C(=O)O)cc(=O)[nH]1. The van der Waals surface area contributed by atoms with Gasteiger partial charge in [0.15, 0.2) is 0 Å². The van der Waals surface area contributed by atoms with Crippen LogP contribution in [0.15, 0.2) is 29.1 Å². The monoisotopic (exact) mass is 308 g/mol. The molecule has 0 saturated heterocycles. The quantitative estimate of drug-likeness (QED) is 0.905. The van der Waals surface area contributed by atoms with Crippen molar-refractivity contribution in [3.63, 3.8) is 0 Å². The van der Waals surface area contributed by atoms with Crippen molar-refractivity contribution in [2.45, 2.75) is 19.8 Å². The maximum Gasteiger partial charge on any atom is 0.339 e. The van der Waals surface area contributed by atoms with E-state index in [9.17, 15) is 9.59 Å². The number of aromatic carboxylic acids is 1. The lowest BCUT2D eigenvalue weighted by Gasteiger charge is -2.10. The summed E-state index contributed by atoms with van der Waals surface area (Å²) in [6, 6.07) is 5.29. The predicted molar refractivity (Wildman–Crippen MR) is 77.4 cm³/mol. The minimum atomic E-state index is -1.16. The molecule has 1 aromatic carbocycles. The predicted octanol–water partition coefficient (Wildman–Crippen LogP) is 3.04. The minimum Gasteiger partial charge on any atom is -0.478 e. The number of halogens is 1. The molecule has 0 bridgehead atoms. The van der Waals surface area contributed by atoms with Gasteiger partial charge in [0.1, 0.15) is 17.1 Å². The Hall–Kier alpha value is -2.34. The summed E-state index contributed by atoms with van der Waals surface area (Å²) in [5.74, 6) is -0.651. The summed E-state index contributed by atoms with van der Waals surface area (Å²) in [6.07, 6.45) is 0. The summed E-state index contributed by atoms with van der Waals surface area (Å²) < 4.78 is 5.43. The van der Waals surface area contributed by atoms with Gasteiger partial charge in [-0.3, -0.25) is 4.79 Å². The fourth-order valence-electron chi connectivity index (χ4n) is 1.65. The second-order valence-corrected chi connectivity index (χ2v) is 5.11. The number of nitrogens with one attached hydrogen (secondary N) is 1. The van der Waals surface area contributed by atoms with Crippen LogP contribution in [-0.2, 0) is 0 Å². The topological polar surface area (TPSA) is 92.3 Å². The Balaban J connectivity index is 2.45. The molecule has 0 atom stereocenters. The summed E-state index contributed by atoms with van der Waals surface area (Å²) >= 11 is 5.84. The summed E-state index contributed by atoms with van der Waals surface area (Å²) in [7, 11) is 0. The van der Waals surface area contributed by atoms with Crippen molar-refractivity contribution in [2.75, 3.05) is 0 Å². The van der Waals surface area contributed by atoms with Crippen molar-refractivity contribution in [1.29, 1.82) is 0 Å². The largest absolute Gasteiger partial charge is 0.478 e. The molecule has 0 amide bonds. The van der Waals surface area contributed by atoms with E-state index in [4.69, 9.17) is 21.4 Å². The smallest absolute Gasteiger partial charge is 0.339 e. The first-order valence-electron chi connectivity index (χ1n) is 6.19. The van der Waals surface area contributed by atoms with Crippen LogP contribution < -0.4 is 10.3 Å². The van der Waals surface area contributed by atoms with Crippen LogP contribution in [0.4, 0.5) is 0 Å². The number of hydrogen-bond acceptors (Lipinski definition) is 4. The highest BCUT2D eigenvalue weighted by molar-refractivity contribution is 6.30. The van der Waals surface area contributed by atoms with E-state index in [0.29, 0.717) is 10.8 Å². The molecule has 2 aromatic rings. The average molecular weight is 309 g/mol. The summed E-state index contributed by atoms with van der Waals surface area (Å²) in [5.41, 5.74) is -0.435. The summed E-state index contributed by atoms with van der Waals surface area (Å²) in [6.45, 7) is 3.73. The molecule has 6 nitrogen and oxygen atoms in total. The van der Waals surface area contributed by atoms with Crippen LogP contribution in [0.3, 0.4) is 0 Å². The van der Waals surface area contributed by atoms with Gasteiger partial charge >= 0.3 is 5.97 Å². The van der Waals surface area contributed by atoms with E-state index in [0.717, 1.165) is 6.07 Å². The van der Waals surface area contributed by atoms with Crippen LogP contribution in [-0.4, -0.2) is 21.0 Å². The Bertz CT molecular complexity index is 740. The first kappa shape index (κ1) is 15.1. The second-order valence-electron chi connectivity index (χ2n) is 4.67. The van der Waals surface area contributed by atoms with Gasteiger partial charge in [0.05, 0.1) is 6.07 Å². The average Bonchev–Trinajstić information content (AvgIpc) is 2.37. The highest BCUT2D eigenvalue weighted by Gasteiger charge is 2.14. The van der Waals surface area contributed by atoms with Crippen LogP contribution in [0.25, 0.3) is 0 Å². The highest BCUT2D eigenvalue weighted by atomic mass is 35.5. The molecule has 0 spiro atoms. The van der Waals surface area contributed by atoms with Crippen molar-refractivity contribution >= 4 is 17.6 Å². The number of rotatable bonds is 4. The van der Waals surface area contributed by atoms with E-state index in [1.54, 1.807) is 0 Å². The number of ether oxygens (including phenoxy) is 1. The van der Waals surface area contributed by atoms with E-state index in [1.165, 1.54) is 18.2 Å². The molecule has 1 heterocycles. The molecule has 0 saturated carbocycles. The Morgan fingerprint density at radius 1 is 1.38 bits per heavy atom. The van der Waals surface area contributed by atoms with Crippen molar-refractivity contribution in [1.82, 2.24) is 9.97 Å². The Morgan fingerprint density at radius 3 is 2.71 bits per heavy atom. The minimum absolute atomic E-state index is 0.000412. The molecular weight excluding hydrogens is 296 g/mol. The molecule has 0 aliphatic heterocycles. The van der Waals surface area contributed by atoms with Crippen LogP contribution >= 0.6 is 11.6 Å². The third-order valence-corrected chi connectivity index (χ3v) is 2.91. The van der Waals surface area contributed by atoms with Crippen LogP contribution in [0.1, 0.15) is 35.9 Å². The second kappa shape index (κ2) is 5.97. The Labute approximate surface area is 125 Å². The zero-order valence-electron chi connectivity index (χ0n) is 11.4. The maximum atomic E-state index is 11.6. The maximum absolute atomic E-state index is 11.6. The van der Waals surface area contributed by atoms with Crippen molar-refractivity contribution in [3.05, 3.63) is 51.0 Å². The van der Waals surface area contributed by atoms with Gasteiger partial charge in [-0.05, 0) is 12.1 Å². The zero-order valence-corrected chi connectivity index (χ0v) is 12.1. The van der Waals surface area contributed by atoms with Crippen LogP contribution in [0, 0.1) is 0 Å².